The smallest absolute Gasteiger partial charge is 0.222 e. The average molecular weight is 289 g/mol. The lowest BCUT2D eigenvalue weighted by molar-refractivity contribution is 0.400. The molecule has 112 valence electrons. The predicted molar refractivity (Wildman–Crippen MR) is 80.5 cm³/mol. The van der Waals surface area contributed by atoms with E-state index < -0.39 is 0 Å². The van der Waals surface area contributed by atoms with Crippen molar-refractivity contribution in [3.05, 3.63) is 23.7 Å². The number of ether oxygens (including phenoxy) is 2. The SMILES string of the molecule is COc1cc(Oc2cnc(N)nc2N)c(C(C)C)nc1C. The van der Waals surface area contributed by atoms with Gasteiger partial charge in [0.1, 0.15) is 5.75 Å². The zero-order valence-corrected chi connectivity index (χ0v) is 12.5. The van der Waals surface area contributed by atoms with E-state index in [4.69, 9.17) is 20.9 Å². The van der Waals surface area contributed by atoms with Crippen LogP contribution in [0, 0.1) is 6.92 Å². The quantitative estimate of drug-likeness (QED) is 0.888. The Hall–Kier alpha value is -2.57. The number of methoxy groups -OCH3 is 1. The monoisotopic (exact) mass is 289 g/mol. The van der Waals surface area contributed by atoms with Gasteiger partial charge in [-0.25, -0.2) is 4.98 Å². The number of anilines is 2. The maximum atomic E-state index is 5.81. The van der Waals surface area contributed by atoms with Gasteiger partial charge in [-0.1, -0.05) is 13.8 Å². The van der Waals surface area contributed by atoms with Gasteiger partial charge in [-0.2, -0.15) is 4.98 Å². The fraction of sp³-hybridized carbons (Fsp3) is 0.357. The molecule has 0 aliphatic rings. The molecule has 0 radical (unpaired) electrons. The number of hydrogen-bond donors (Lipinski definition) is 2. The van der Waals surface area contributed by atoms with Crippen molar-refractivity contribution in [3.63, 3.8) is 0 Å². The fourth-order valence-electron chi connectivity index (χ4n) is 1.89. The average Bonchev–Trinajstić information content (AvgIpc) is 2.42. The van der Waals surface area contributed by atoms with Gasteiger partial charge in [0.05, 0.1) is 24.7 Å². The molecule has 2 aromatic heterocycles. The maximum absolute atomic E-state index is 5.81. The summed E-state index contributed by atoms with van der Waals surface area (Å²) in [5.41, 5.74) is 12.9. The summed E-state index contributed by atoms with van der Waals surface area (Å²) in [6.45, 7) is 5.95. The summed E-state index contributed by atoms with van der Waals surface area (Å²) >= 11 is 0. The highest BCUT2D eigenvalue weighted by molar-refractivity contribution is 5.51. The van der Waals surface area contributed by atoms with Crippen LogP contribution in [0.15, 0.2) is 12.3 Å². The first kappa shape index (κ1) is 14.8. The van der Waals surface area contributed by atoms with Gasteiger partial charge in [0.2, 0.25) is 5.95 Å². The minimum absolute atomic E-state index is 0.101. The lowest BCUT2D eigenvalue weighted by Crippen LogP contribution is -2.05. The molecular weight excluding hydrogens is 270 g/mol. The van der Waals surface area contributed by atoms with Crippen LogP contribution in [-0.2, 0) is 0 Å². The zero-order chi connectivity index (χ0) is 15.6. The number of nitrogen functional groups attached to an aromatic ring is 2. The van der Waals surface area contributed by atoms with Crippen LogP contribution in [0.5, 0.6) is 17.2 Å². The fourth-order valence-corrected chi connectivity index (χ4v) is 1.89. The molecule has 0 spiro atoms. The van der Waals surface area contributed by atoms with Gasteiger partial charge in [0, 0.05) is 6.07 Å². The number of aromatic nitrogens is 3. The van der Waals surface area contributed by atoms with E-state index in [1.807, 2.05) is 20.8 Å². The third-order valence-electron chi connectivity index (χ3n) is 2.95. The number of aryl methyl sites for hydroxylation is 1. The number of pyridine rings is 1. The van der Waals surface area contributed by atoms with Crippen LogP contribution in [0.4, 0.5) is 11.8 Å². The second-order valence-corrected chi connectivity index (χ2v) is 4.89. The lowest BCUT2D eigenvalue weighted by Gasteiger charge is -2.16. The highest BCUT2D eigenvalue weighted by Gasteiger charge is 2.16. The van der Waals surface area contributed by atoms with Crippen molar-refractivity contribution >= 4 is 11.8 Å². The lowest BCUT2D eigenvalue weighted by atomic mass is 10.1. The zero-order valence-electron chi connectivity index (χ0n) is 12.5. The van der Waals surface area contributed by atoms with E-state index in [1.165, 1.54) is 6.20 Å². The molecule has 2 rings (SSSR count). The molecule has 0 saturated heterocycles. The summed E-state index contributed by atoms with van der Waals surface area (Å²) in [5, 5.41) is 0. The Labute approximate surface area is 123 Å². The molecule has 7 heteroatoms. The number of hydrogen-bond acceptors (Lipinski definition) is 7. The minimum atomic E-state index is 0.101. The summed E-state index contributed by atoms with van der Waals surface area (Å²) in [4.78, 5) is 12.3. The van der Waals surface area contributed by atoms with Crippen LogP contribution in [0.25, 0.3) is 0 Å². The normalized spacial score (nSPS) is 10.7. The Balaban J connectivity index is 2.46. The van der Waals surface area contributed by atoms with E-state index >= 15 is 0 Å². The summed E-state index contributed by atoms with van der Waals surface area (Å²) in [7, 11) is 1.59. The molecule has 21 heavy (non-hydrogen) atoms. The van der Waals surface area contributed by atoms with Crippen LogP contribution in [-0.4, -0.2) is 22.1 Å². The van der Waals surface area contributed by atoms with Crippen molar-refractivity contribution in [2.24, 2.45) is 0 Å². The van der Waals surface area contributed by atoms with Gasteiger partial charge < -0.3 is 20.9 Å². The van der Waals surface area contributed by atoms with Crippen LogP contribution >= 0.6 is 0 Å². The molecule has 0 aliphatic heterocycles. The van der Waals surface area contributed by atoms with Crippen molar-refractivity contribution in [2.45, 2.75) is 26.7 Å². The molecule has 7 nitrogen and oxygen atoms in total. The number of nitrogens with two attached hydrogens (primary N) is 2. The molecule has 4 N–H and O–H groups in total. The van der Waals surface area contributed by atoms with Gasteiger partial charge in [-0.05, 0) is 12.8 Å². The molecule has 0 unspecified atom stereocenters. The molecule has 0 fully saturated rings. The highest BCUT2D eigenvalue weighted by Crippen LogP contribution is 2.35. The Morgan fingerprint density at radius 1 is 1.10 bits per heavy atom. The molecule has 2 heterocycles. The third-order valence-corrected chi connectivity index (χ3v) is 2.95. The van der Waals surface area contributed by atoms with Crippen molar-refractivity contribution in [1.82, 2.24) is 15.0 Å². The Kier molecular flexibility index (Phi) is 4.11. The summed E-state index contributed by atoms with van der Waals surface area (Å²) < 4.78 is 11.1. The second kappa shape index (κ2) is 5.82. The van der Waals surface area contributed by atoms with E-state index in [-0.39, 0.29) is 17.7 Å². The molecule has 0 saturated carbocycles. The second-order valence-electron chi connectivity index (χ2n) is 4.89. The minimum Gasteiger partial charge on any atom is -0.495 e. The molecule has 0 aromatic carbocycles. The maximum Gasteiger partial charge on any atom is 0.222 e. The largest absolute Gasteiger partial charge is 0.495 e. The summed E-state index contributed by atoms with van der Waals surface area (Å²) in [6.07, 6.45) is 1.44. The van der Waals surface area contributed by atoms with Gasteiger partial charge >= 0.3 is 0 Å². The molecule has 0 aliphatic carbocycles. The van der Waals surface area contributed by atoms with Crippen molar-refractivity contribution in [1.29, 1.82) is 0 Å². The van der Waals surface area contributed by atoms with Gasteiger partial charge in [-0.15, -0.1) is 0 Å². The van der Waals surface area contributed by atoms with Crippen LogP contribution in [0.2, 0.25) is 0 Å². The first-order valence-electron chi connectivity index (χ1n) is 6.53. The number of rotatable bonds is 4. The molecule has 2 aromatic rings. The highest BCUT2D eigenvalue weighted by atomic mass is 16.5. The van der Waals surface area contributed by atoms with Gasteiger partial charge in [-0.3, -0.25) is 4.98 Å². The third kappa shape index (κ3) is 3.13. The van der Waals surface area contributed by atoms with E-state index in [9.17, 15) is 0 Å². The number of nitrogens with zero attached hydrogens (tertiary/aromatic N) is 3. The Morgan fingerprint density at radius 2 is 1.81 bits per heavy atom. The van der Waals surface area contributed by atoms with Crippen molar-refractivity contribution in [2.75, 3.05) is 18.6 Å². The van der Waals surface area contributed by atoms with Crippen molar-refractivity contribution < 1.29 is 9.47 Å². The molecule has 0 atom stereocenters. The summed E-state index contributed by atoms with van der Waals surface area (Å²) in [6, 6.07) is 1.79. The Morgan fingerprint density at radius 3 is 2.38 bits per heavy atom. The molecule has 0 amide bonds. The van der Waals surface area contributed by atoms with E-state index in [0.717, 1.165) is 11.4 Å². The van der Waals surface area contributed by atoms with E-state index in [0.29, 0.717) is 17.2 Å². The van der Waals surface area contributed by atoms with Crippen LogP contribution in [0.3, 0.4) is 0 Å². The predicted octanol–water partition coefficient (Wildman–Crippen LogP) is 2.27. The first-order chi connectivity index (χ1) is 9.92. The van der Waals surface area contributed by atoms with Gasteiger partial charge in [0.15, 0.2) is 17.3 Å². The van der Waals surface area contributed by atoms with Crippen LogP contribution in [0.1, 0.15) is 31.2 Å². The van der Waals surface area contributed by atoms with Crippen molar-refractivity contribution in [3.8, 4) is 17.2 Å². The topological polar surface area (TPSA) is 109 Å². The van der Waals surface area contributed by atoms with E-state index in [1.54, 1.807) is 13.2 Å². The Bertz CT molecular complexity index is 658. The standard InChI is InChI=1S/C14H19N5O2/c1-7(2)12-10(5-9(20-4)8(3)18-12)21-11-6-17-14(16)19-13(11)15/h5-7H,1-4H3,(H4,15,16,17,19). The molecular formula is C14H19N5O2. The van der Waals surface area contributed by atoms with Gasteiger partial charge in [0.25, 0.3) is 0 Å². The first-order valence-corrected chi connectivity index (χ1v) is 6.53. The summed E-state index contributed by atoms with van der Waals surface area (Å²) in [5.74, 6) is 2.00. The van der Waals surface area contributed by atoms with E-state index in [2.05, 4.69) is 15.0 Å². The molecule has 0 bridgehead atoms. The van der Waals surface area contributed by atoms with Crippen LogP contribution < -0.4 is 20.9 Å².